The number of aromatic nitrogens is 1. The first-order valence-electron chi connectivity index (χ1n) is 8.00. The second kappa shape index (κ2) is 4.43. The van der Waals surface area contributed by atoms with E-state index >= 15 is 0 Å². The third-order valence-electron chi connectivity index (χ3n) is 5.18. The largest absolute Gasteiger partial charge is 0.471 e. The van der Waals surface area contributed by atoms with Crippen LogP contribution in [0.3, 0.4) is 0 Å². The third kappa shape index (κ3) is 1.95. The Morgan fingerprint density at radius 3 is 2.74 bits per heavy atom. The number of Topliss-reactive ketones (excluding diaryl/α,β-unsaturated/α-hetero) is 1. The van der Waals surface area contributed by atoms with Crippen molar-refractivity contribution >= 4 is 17.4 Å². The molecule has 5 heteroatoms. The molecule has 5 nitrogen and oxygen atoms in total. The highest BCUT2D eigenvalue weighted by atomic mass is 16.5. The van der Waals surface area contributed by atoms with Crippen molar-refractivity contribution in [3.05, 3.63) is 35.9 Å². The van der Waals surface area contributed by atoms with Crippen LogP contribution >= 0.6 is 0 Å². The maximum atomic E-state index is 12.6. The molecule has 1 aromatic heterocycles. The molecule has 3 aliphatic rings. The van der Waals surface area contributed by atoms with E-state index in [0.717, 1.165) is 17.8 Å². The number of fused-ring (bicyclic) bond motifs is 2. The van der Waals surface area contributed by atoms with E-state index in [1.165, 1.54) is 0 Å². The summed E-state index contributed by atoms with van der Waals surface area (Å²) >= 11 is 0. The Balaban J connectivity index is 1.77. The van der Waals surface area contributed by atoms with E-state index in [2.05, 4.69) is 18.8 Å². The van der Waals surface area contributed by atoms with Gasteiger partial charge in [-0.15, -0.1) is 0 Å². The average Bonchev–Trinajstić information content (AvgIpc) is 2.84. The predicted molar refractivity (Wildman–Crippen MR) is 84.4 cm³/mol. The van der Waals surface area contributed by atoms with Gasteiger partial charge in [0.05, 0.1) is 17.8 Å². The summed E-state index contributed by atoms with van der Waals surface area (Å²) in [5.74, 6) is 0.703. The SMILES string of the molecule is CC1(C)CC(=O)C2=C(C1)OC1(C)C2CC(=O)N1c1cccnc1. The standard InChI is InChI=1S/C18H20N2O3/c1-17(2)8-13(21)16-12-7-15(22)20(11-5-4-6-19-10-11)18(12,3)23-14(16)9-17/h4-6,10,12H,7-9H2,1-3H3. The number of pyridine rings is 1. The number of hydrogen-bond acceptors (Lipinski definition) is 4. The van der Waals surface area contributed by atoms with Crippen molar-refractivity contribution in [3.63, 3.8) is 0 Å². The van der Waals surface area contributed by atoms with Gasteiger partial charge in [0.2, 0.25) is 5.91 Å². The molecule has 0 bridgehead atoms. The van der Waals surface area contributed by atoms with Crippen LogP contribution in [0.4, 0.5) is 5.69 Å². The molecule has 2 aliphatic heterocycles. The van der Waals surface area contributed by atoms with Gasteiger partial charge in [-0.1, -0.05) is 13.8 Å². The second-order valence-electron chi connectivity index (χ2n) is 7.63. The summed E-state index contributed by atoms with van der Waals surface area (Å²) in [5, 5.41) is 0. The molecule has 1 aliphatic carbocycles. The Morgan fingerprint density at radius 1 is 1.26 bits per heavy atom. The summed E-state index contributed by atoms with van der Waals surface area (Å²) < 4.78 is 6.26. The predicted octanol–water partition coefficient (Wildman–Crippen LogP) is 2.82. The lowest BCUT2D eigenvalue weighted by Gasteiger charge is -2.35. The molecule has 0 saturated carbocycles. The van der Waals surface area contributed by atoms with Crippen molar-refractivity contribution in [3.8, 4) is 0 Å². The maximum absolute atomic E-state index is 12.6. The minimum absolute atomic E-state index is 0.0188. The Labute approximate surface area is 135 Å². The number of rotatable bonds is 1. The molecule has 0 radical (unpaired) electrons. The number of carbonyl (C=O) groups is 2. The van der Waals surface area contributed by atoms with Gasteiger partial charge in [0.25, 0.3) is 0 Å². The zero-order valence-corrected chi connectivity index (χ0v) is 13.6. The van der Waals surface area contributed by atoms with Gasteiger partial charge in [0.15, 0.2) is 11.5 Å². The fourth-order valence-corrected chi connectivity index (χ4v) is 4.24. The second-order valence-corrected chi connectivity index (χ2v) is 7.63. The van der Waals surface area contributed by atoms with Gasteiger partial charge in [0, 0.05) is 31.0 Å². The van der Waals surface area contributed by atoms with E-state index in [9.17, 15) is 9.59 Å². The zero-order chi connectivity index (χ0) is 16.4. The van der Waals surface area contributed by atoms with Crippen molar-refractivity contribution in [2.45, 2.75) is 45.8 Å². The summed E-state index contributed by atoms with van der Waals surface area (Å²) in [6.07, 6.45) is 4.92. The highest BCUT2D eigenvalue weighted by molar-refractivity contribution is 6.04. The molecule has 1 aromatic rings. The van der Waals surface area contributed by atoms with Crippen LogP contribution in [0.1, 0.15) is 40.0 Å². The molecule has 3 heterocycles. The monoisotopic (exact) mass is 312 g/mol. The Kier molecular flexibility index (Phi) is 2.78. The molecule has 0 N–H and O–H groups in total. The molecule has 0 spiro atoms. The number of ether oxygens (including phenoxy) is 1. The lowest BCUT2D eigenvalue weighted by molar-refractivity contribution is -0.119. The minimum Gasteiger partial charge on any atom is -0.471 e. The van der Waals surface area contributed by atoms with Gasteiger partial charge in [-0.2, -0.15) is 0 Å². The fraction of sp³-hybridized carbons (Fsp3) is 0.500. The lowest BCUT2D eigenvalue weighted by Crippen LogP contribution is -2.47. The van der Waals surface area contributed by atoms with Crippen LogP contribution in [-0.2, 0) is 14.3 Å². The smallest absolute Gasteiger partial charge is 0.231 e. The fourth-order valence-electron chi connectivity index (χ4n) is 4.24. The number of hydrogen-bond donors (Lipinski definition) is 0. The van der Waals surface area contributed by atoms with Crippen LogP contribution in [-0.4, -0.2) is 22.4 Å². The first-order chi connectivity index (χ1) is 10.8. The van der Waals surface area contributed by atoms with E-state index < -0.39 is 5.72 Å². The number of allylic oxidation sites excluding steroid dienone is 1. The summed E-state index contributed by atoms with van der Waals surface area (Å²) in [6.45, 7) is 6.07. The topological polar surface area (TPSA) is 59.5 Å². The van der Waals surface area contributed by atoms with Gasteiger partial charge in [-0.3, -0.25) is 19.5 Å². The summed E-state index contributed by atoms with van der Waals surface area (Å²) in [4.78, 5) is 31.0. The number of anilines is 1. The molecule has 0 aromatic carbocycles. The first-order valence-corrected chi connectivity index (χ1v) is 8.00. The van der Waals surface area contributed by atoms with Crippen molar-refractivity contribution in [1.29, 1.82) is 0 Å². The minimum atomic E-state index is -0.819. The van der Waals surface area contributed by atoms with Crippen LogP contribution in [0.15, 0.2) is 35.9 Å². The van der Waals surface area contributed by atoms with Gasteiger partial charge in [0.1, 0.15) is 5.76 Å². The summed E-state index contributed by atoms with van der Waals surface area (Å²) in [7, 11) is 0. The Hall–Kier alpha value is -2.17. The van der Waals surface area contributed by atoms with Crippen LogP contribution in [0, 0.1) is 11.3 Å². The quantitative estimate of drug-likeness (QED) is 0.800. The number of carbonyl (C=O) groups excluding carboxylic acids is 2. The Bertz CT molecular complexity index is 738. The van der Waals surface area contributed by atoms with Crippen molar-refractivity contribution in [2.24, 2.45) is 11.3 Å². The molecule has 2 atom stereocenters. The number of ketones is 1. The van der Waals surface area contributed by atoms with Gasteiger partial charge >= 0.3 is 0 Å². The van der Waals surface area contributed by atoms with Gasteiger partial charge in [-0.05, 0) is 24.5 Å². The van der Waals surface area contributed by atoms with Gasteiger partial charge in [-0.25, -0.2) is 0 Å². The first kappa shape index (κ1) is 14.4. The van der Waals surface area contributed by atoms with E-state index in [0.29, 0.717) is 18.5 Å². The molecule has 4 rings (SSSR count). The molecule has 1 saturated heterocycles. The molecule has 2 unspecified atom stereocenters. The lowest BCUT2D eigenvalue weighted by atomic mass is 9.73. The molecule has 23 heavy (non-hydrogen) atoms. The average molecular weight is 312 g/mol. The molecule has 120 valence electrons. The van der Waals surface area contributed by atoms with E-state index in [-0.39, 0.29) is 23.0 Å². The number of amides is 1. The molecular weight excluding hydrogens is 292 g/mol. The van der Waals surface area contributed by atoms with Crippen molar-refractivity contribution in [1.82, 2.24) is 4.98 Å². The van der Waals surface area contributed by atoms with Crippen LogP contribution < -0.4 is 4.90 Å². The Morgan fingerprint density at radius 2 is 2.04 bits per heavy atom. The van der Waals surface area contributed by atoms with Crippen molar-refractivity contribution < 1.29 is 14.3 Å². The normalized spacial score (nSPS) is 32.0. The maximum Gasteiger partial charge on any atom is 0.231 e. The molecule has 1 fully saturated rings. The van der Waals surface area contributed by atoms with Crippen LogP contribution in [0.5, 0.6) is 0 Å². The van der Waals surface area contributed by atoms with Crippen LogP contribution in [0.2, 0.25) is 0 Å². The highest BCUT2D eigenvalue weighted by Gasteiger charge is 2.61. The summed E-state index contributed by atoms with van der Waals surface area (Å²) in [5.41, 5.74) is 0.551. The van der Waals surface area contributed by atoms with Crippen LogP contribution in [0.25, 0.3) is 0 Å². The van der Waals surface area contributed by atoms with E-state index in [1.54, 1.807) is 23.4 Å². The van der Waals surface area contributed by atoms with E-state index in [4.69, 9.17) is 4.74 Å². The van der Waals surface area contributed by atoms with Crippen molar-refractivity contribution in [2.75, 3.05) is 4.90 Å². The molecule has 1 amide bonds. The molecular formula is C18H20N2O3. The highest BCUT2D eigenvalue weighted by Crippen LogP contribution is 2.55. The number of nitrogens with zero attached hydrogens (tertiary/aromatic N) is 2. The van der Waals surface area contributed by atoms with Gasteiger partial charge < -0.3 is 4.74 Å². The van der Waals surface area contributed by atoms with E-state index in [1.807, 2.05) is 13.0 Å². The zero-order valence-electron chi connectivity index (χ0n) is 13.6. The third-order valence-corrected chi connectivity index (χ3v) is 5.18. The summed E-state index contributed by atoms with van der Waals surface area (Å²) in [6, 6.07) is 3.65.